The van der Waals surface area contributed by atoms with E-state index in [1.807, 2.05) is 19.1 Å². The minimum atomic E-state index is 0.640. The number of methoxy groups -OCH3 is 1. The quantitative estimate of drug-likeness (QED) is 0.860. The maximum absolute atomic E-state index is 5.28. The molecule has 1 aromatic rings. The summed E-state index contributed by atoms with van der Waals surface area (Å²) in [5.74, 6) is 0.893. The van der Waals surface area contributed by atoms with Crippen LogP contribution < -0.4 is 10.1 Å². The fourth-order valence-electron chi connectivity index (χ4n) is 2.53. The Bertz CT molecular complexity index is 389. The van der Waals surface area contributed by atoms with Crippen molar-refractivity contribution in [2.45, 2.75) is 32.4 Å². The van der Waals surface area contributed by atoms with Gasteiger partial charge in [-0.25, -0.2) is 0 Å². The molecule has 1 atom stereocenters. The van der Waals surface area contributed by atoms with Crippen molar-refractivity contribution < 1.29 is 4.74 Å². The van der Waals surface area contributed by atoms with Gasteiger partial charge in [0.1, 0.15) is 5.75 Å². The predicted molar refractivity (Wildman–Crippen MR) is 72.9 cm³/mol. The summed E-state index contributed by atoms with van der Waals surface area (Å²) in [6.45, 7) is 5.12. The molecule has 2 rings (SSSR count). The lowest BCUT2D eigenvalue weighted by atomic mass is 10.2. The van der Waals surface area contributed by atoms with Crippen molar-refractivity contribution in [2.24, 2.45) is 0 Å². The SMILES string of the molecule is COc1cc(C)nc(CN(C)CC2CCCN2)c1. The van der Waals surface area contributed by atoms with Crippen LogP contribution >= 0.6 is 0 Å². The first-order chi connectivity index (χ1) is 8.67. The van der Waals surface area contributed by atoms with Gasteiger partial charge in [0.2, 0.25) is 0 Å². The number of nitrogens with zero attached hydrogens (tertiary/aromatic N) is 2. The summed E-state index contributed by atoms with van der Waals surface area (Å²) in [6, 6.07) is 4.62. The Morgan fingerprint density at radius 1 is 1.50 bits per heavy atom. The number of hydrogen-bond donors (Lipinski definition) is 1. The Balaban J connectivity index is 1.93. The molecule has 1 unspecified atom stereocenters. The van der Waals surface area contributed by atoms with Crippen LogP contribution in [0.2, 0.25) is 0 Å². The number of aryl methyl sites for hydroxylation is 1. The van der Waals surface area contributed by atoms with Crippen LogP contribution in [0.25, 0.3) is 0 Å². The van der Waals surface area contributed by atoms with E-state index in [-0.39, 0.29) is 0 Å². The zero-order chi connectivity index (χ0) is 13.0. The first-order valence-electron chi connectivity index (χ1n) is 6.61. The van der Waals surface area contributed by atoms with Gasteiger partial charge in [0.25, 0.3) is 0 Å². The molecule has 0 bridgehead atoms. The third kappa shape index (κ3) is 3.68. The van der Waals surface area contributed by atoms with E-state index in [4.69, 9.17) is 4.74 Å². The Labute approximate surface area is 109 Å². The monoisotopic (exact) mass is 249 g/mol. The Hall–Kier alpha value is -1.13. The lowest BCUT2D eigenvalue weighted by molar-refractivity contribution is 0.289. The fourth-order valence-corrected chi connectivity index (χ4v) is 2.53. The molecule has 1 aliphatic heterocycles. The largest absolute Gasteiger partial charge is 0.497 e. The molecule has 1 saturated heterocycles. The van der Waals surface area contributed by atoms with Gasteiger partial charge in [-0.15, -0.1) is 0 Å². The van der Waals surface area contributed by atoms with Gasteiger partial charge in [-0.2, -0.15) is 0 Å². The van der Waals surface area contributed by atoms with Crippen LogP contribution in [0, 0.1) is 6.92 Å². The molecule has 4 heteroatoms. The van der Waals surface area contributed by atoms with Crippen molar-refractivity contribution in [3.63, 3.8) is 0 Å². The van der Waals surface area contributed by atoms with Gasteiger partial charge < -0.3 is 10.1 Å². The standard InChI is InChI=1S/C14H23N3O/c1-11-7-14(18-3)8-13(16-11)10-17(2)9-12-5-4-6-15-12/h7-8,12,15H,4-6,9-10H2,1-3H3. The summed E-state index contributed by atoms with van der Waals surface area (Å²) in [7, 11) is 3.85. The lowest BCUT2D eigenvalue weighted by Gasteiger charge is -2.21. The molecule has 1 aromatic heterocycles. The minimum absolute atomic E-state index is 0.640. The summed E-state index contributed by atoms with van der Waals surface area (Å²) >= 11 is 0. The molecular weight excluding hydrogens is 226 g/mol. The van der Waals surface area contributed by atoms with Gasteiger partial charge in [-0.3, -0.25) is 9.88 Å². The van der Waals surface area contributed by atoms with Crippen molar-refractivity contribution in [1.82, 2.24) is 15.2 Å². The zero-order valence-electron chi connectivity index (χ0n) is 11.6. The summed E-state index contributed by atoms with van der Waals surface area (Å²) < 4.78 is 5.28. The van der Waals surface area contributed by atoms with Crippen LogP contribution in [0.5, 0.6) is 5.75 Å². The van der Waals surface area contributed by atoms with Gasteiger partial charge in [0.05, 0.1) is 12.8 Å². The van der Waals surface area contributed by atoms with Crippen LogP contribution in [-0.2, 0) is 6.54 Å². The Morgan fingerprint density at radius 3 is 3.00 bits per heavy atom. The zero-order valence-corrected chi connectivity index (χ0v) is 11.6. The second kappa shape index (κ2) is 6.16. The molecule has 0 aliphatic carbocycles. The highest BCUT2D eigenvalue weighted by Crippen LogP contribution is 2.15. The van der Waals surface area contributed by atoms with Gasteiger partial charge >= 0.3 is 0 Å². The molecule has 2 heterocycles. The first-order valence-corrected chi connectivity index (χ1v) is 6.61. The number of likely N-dealkylation sites (N-methyl/N-ethyl adjacent to an activating group) is 1. The lowest BCUT2D eigenvalue weighted by Crippen LogP contribution is -2.35. The number of ether oxygens (including phenoxy) is 1. The predicted octanol–water partition coefficient (Wildman–Crippen LogP) is 1.58. The van der Waals surface area contributed by atoms with E-state index in [1.165, 1.54) is 12.8 Å². The fraction of sp³-hybridized carbons (Fsp3) is 0.643. The van der Waals surface area contributed by atoms with Crippen molar-refractivity contribution in [1.29, 1.82) is 0 Å². The van der Waals surface area contributed by atoms with E-state index in [0.29, 0.717) is 6.04 Å². The summed E-state index contributed by atoms with van der Waals surface area (Å²) in [4.78, 5) is 6.88. The number of hydrogen-bond acceptors (Lipinski definition) is 4. The van der Waals surface area contributed by atoms with E-state index in [1.54, 1.807) is 7.11 Å². The van der Waals surface area contributed by atoms with E-state index in [0.717, 1.165) is 36.8 Å². The molecule has 0 amide bonds. The Morgan fingerprint density at radius 2 is 2.33 bits per heavy atom. The highest BCUT2D eigenvalue weighted by Gasteiger charge is 2.16. The number of pyridine rings is 1. The highest BCUT2D eigenvalue weighted by molar-refractivity contribution is 5.26. The molecule has 0 spiro atoms. The molecule has 1 aliphatic rings. The third-order valence-corrected chi connectivity index (χ3v) is 3.34. The second-order valence-corrected chi connectivity index (χ2v) is 5.13. The molecule has 1 fully saturated rings. The molecule has 1 N–H and O–H groups in total. The average Bonchev–Trinajstić information content (AvgIpc) is 2.80. The smallest absolute Gasteiger partial charge is 0.122 e. The van der Waals surface area contributed by atoms with Crippen molar-refractivity contribution >= 4 is 0 Å². The van der Waals surface area contributed by atoms with E-state index in [9.17, 15) is 0 Å². The molecule has 0 radical (unpaired) electrons. The van der Waals surface area contributed by atoms with Crippen LogP contribution in [0.1, 0.15) is 24.2 Å². The first kappa shape index (κ1) is 13.3. The van der Waals surface area contributed by atoms with Crippen molar-refractivity contribution in [3.05, 3.63) is 23.5 Å². The molecule has 0 aromatic carbocycles. The molecular formula is C14H23N3O. The van der Waals surface area contributed by atoms with Crippen molar-refractivity contribution in [3.8, 4) is 5.75 Å². The Kier molecular flexibility index (Phi) is 4.55. The molecule has 100 valence electrons. The summed E-state index contributed by atoms with van der Waals surface area (Å²) in [5, 5.41) is 3.52. The third-order valence-electron chi connectivity index (χ3n) is 3.34. The topological polar surface area (TPSA) is 37.4 Å². The van der Waals surface area contributed by atoms with Gasteiger partial charge in [-0.1, -0.05) is 0 Å². The molecule has 0 saturated carbocycles. The normalized spacial score (nSPS) is 19.4. The maximum Gasteiger partial charge on any atom is 0.122 e. The molecule has 18 heavy (non-hydrogen) atoms. The van der Waals surface area contributed by atoms with Crippen LogP contribution in [0.4, 0.5) is 0 Å². The number of nitrogens with one attached hydrogen (secondary N) is 1. The van der Waals surface area contributed by atoms with E-state index < -0.39 is 0 Å². The van der Waals surface area contributed by atoms with Gasteiger partial charge in [0.15, 0.2) is 0 Å². The van der Waals surface area contributed by atoms with Crippen LogP contribution in [-0.4, -0.2) is 43.2 Å². The van der Waals surface area contributed by atoms with Gasteiger partial charge in [0, 0.05) is 37.0 Å². The van der Waals surface area contributed by atoms with Crippen LogP contribution in [0.3, 0.4) is 0 Å². The molecule has 4 nitrogen and oxygen atoms in total. The maximum atomic E-state index is 5.28. The summed E-state index contributed by atoms with van der Waals surface area (Å²) in [6.07, 6.45) is 2.59. The number of aromatic nitrogens is 1. The van der Waals surface area contributed by atoms with E-state index in [2.05, 4.69) is 22.2 Å². The average molecular weight is 249 g/mol. The number of rotatable bonds is 5. The van der Waals surface area contributed by atoms with E-state index >= 15 is 0 Å². The highest BCUT2D eigenvalue weighted by atomic mass is 16.5. The second-order valence-electron chi connectivity index (χ2n) is 5.13. The van der Waals surface area contributed by atoms with Gasteiger partial charge in [-0.05, 0) is 33.4 Å². The van der Waals surface area contributed by atoms with Crippen molar-refractivity contribution in [2.75, 3.05) is 27.2 Å². The van der Waals surface area contributed by atoms with Crippen LogP contribution in [0.15, 0.2) is 12.1 Å². The minimum Gasteiger partial charge on any atom is -0.497 e. The summed E-state index contributed by atoms with van der Waals surface area (Å²) in [5.41, 5.74) is 2.09.